The highest BCUT2D eigenvalue weighted by Gasteiger charge is 2.36. The maximum atomic E-state index is 9.07. The van der Waals surface area contributed by atoms with Crippen molar-refractivity contribution < 1.29 is 9.84 Å². The van der Waals surface area contributed by atoms with Gasteiger partial charge in [-0.1, -0.05) is 6.92 Å². The molecule has 3 heteroatoms. The fourth-order valence-corrected chi connectivity index (χ4v) is 1.82. The quantitative estimate of drug-likeness (QED) is 0.648. The summed E-state index contributed by atoms with van der Waals surface area (Å²) in [5.74, 6) is 0.253. The van der Waals surface area contributed by atoms with E-state index in [0.717, 1.165) is 19.4 Å². The molecular formula is C9H19NO2. The standard InChI is InChI=1S/C9H19NO2/c1-8(5-11)9(6-10)3-2-4-12-7-9/h8,11H,2-7,10H2,1H3. The topological polar surface area (TPSA) is 55.5 Å². The molecule has 0 aromatic rings. The average Bonchev–Trinajstić information content (AvgIpc) is 2.17. The van der Waals surface area contributed by atoms with Crippen molar-refractivity contribution >= 4 is 0 Å². The minimum absolute atomic E-state index is 0.0347. The summed E-state index contributed by atoms with van der Waals surface area (Å²) in [6.45, 7) is 4.43. The summed E-state index contributed by atoms with van der Waals surface area (Å²) in [4.78, 5) is 0. The first-order valence-electron chi connectivity index (χ1n) is 4.64. The fourth-order valence-electron chi connectivity index (χ4n) is 1.82. The lowest BCUT2D eigenvalue weighted by atomic mass is 9.73. The third kappa shape index (κ3) is 1.79. The van der Waals surface area contributed by atoms with Crippen molar-refractivity contribution in [2.24, 2.45) is 17.1 Å². The Balaban J connectivity index is 2.59. The molecule has 3 N–H and O–H groups in total. The summed E-state index contributed by atoms with van der Waals surface area (Å²) in [7, 11) is 0. The summed E-state index contributed by atoms with van der Waals surface area (Å²) in [6.07, 6.45) is 2.16. The molecule has 2 unspecified atom stereocenters. The summed E-state index contributed by atoms with van der Waals surface area (Å²) < 4.78 is 5.41. The zero-order valence-electron chi connectivity index (χ0n) is 7.75. The Morgan fingerprint density at radius 3 is 2.83 bits per heavy atom. The largest absolute Gasteiger partial charge is 0.396 e. The van der Waals surface area contributed by atoms with Crippen LogP contribution in [0.25, 0.3) is 0 Å². The second-order valence-corrected chi connectivity index (χ2v) is 3.81. The maximum absolute atomic E-state index is 9.07. The monoisotopic (exact) mass is 173 g/mol. The first-order chi connectivity index (χ1) is 5.75. The van der Waals surface area contributed by atoms with E-state index in [4.69, 9.17) is 15.6 Å². The van der Waals surface area contributed by atoms with Gasteiger partial charge >= 0.3 is 0 Å². The van der Waals surface area contributed by atoms with Crippen molar-refractivity contribution in [1.82, 2.24) is 0 Å². The maximum Gasteiger partial charge on any atom is 0.0537 e. The van der Waals surface area contributed by atoms with E-state index in [1.807, 2.05) is 6.92 Å². The van der Waals surface area contributed by atoms with Gasteiger partial charge in [0, 0.05) is 25.2 Å². The van der Waals surface area contributed by atoms with Crippen LogP contribution in [0, 0.1) is 11.3 Å². The summed E-state index contributed by atoms with van der Waals surface area (Å²) in [5.41, 5.74) is 5.76. The lowest BCUT2D eigenvalue weighted by molar-refractivity contribution is -0.0454. The minimum Gasteiger partial charge on any atom is -0.396 e. The number of hydrogen-bond donors (Lipinski definition) is 2. The highest BCUT2D eigenvalue weighted by molar-refractivity contribution is 4.87. The van der Waals surface area contributed by atoms with Crippen molar-refractivity contribution in [3.05, 3.63) is 0 Å². The van der Waals surface area contributed by atoms with Gasteiger partial charge in [0.25, 0.3) is 0 Å². The molecule has 0 aliphatic carbocycles. The van der Waals surface area contributed by atoms with Crippen molar-refractivity contribution in [2.75, 3.05) is 26.4 Å². The van der Waals surface area contributed by atoms with Crippen LogP contribution in [0.1, 0.15) is 19.8 Å². The Bertz CT molecular complexity index is 132. The molecule has 0 bridgehead atoms. The molecule has 0 amide bonds. The SMILES string of the molecule is CC(CO)C1(CN)CCCOC1. The highest BCUT2D eigenvalue weighted by atomic mass is 16.5. The number of ether oxygens (including phenoxy) is 1. The Labute approximate surface area is 73.9 Å². The minimum atomic E-state index is 0.0347. The van der Waals surface area contributed by atoms with Gasteiger partial charge in [0.15, 0.2) is 0 Å². The van der Waals surface area contributed by atoms with E-state index in [9.17, 15) is 0 Å². The van der Waals surface area contributed by atoms with Gasteiger partial charge in [-0.25, -0.2) is 0 Å². The third-order valence-electron chi connectivity index (χ3n) is 3.08. The van der Waals surface area contributed by atoms with Crippen molar-refractivity contribution in [3.63, 3.8) is 0 Å². The predicted octanol–water partition coefficient (Wildman–Crippen LogP) is 0.370. The molecule has 1 rings (SSSR count). The van der Waals surface area contributed by atoms with Crippen molar-refractivity contribution in [1.29, 1.82) is 0 Å². The zero-order chi connectivity index (χ0) is 9.03. The Morgan fingerprint density at radius 2 is 2.42 bits per heavy atom. The second kappa shape index (κ2) is 4.21. The third-order valence-corrected chi connectivity index (χ3v) is 3.08. The predicted molar refractivity (Wildman–Crippen MR) is 47.8 cm³/mol. The van der Waals surface area contributed by atoms with Crippen LogP contribution in [0.4, 0.5) is 0 Å². The van der Waals surface area contributed by atoms with Crippen LogP contribution >= 0.6 is 0 Å². The summed E-state index contributed by atoms with van der Waals surface area (Å²) >= 11 is 0. The van der Waals surface area contributed by atoms with E-state index in [0.29, 0.717) is 13.2 Å². The van der Waals surface area contributed by atoms with Crippen LogP contribution in [0.2, 0.25) is 0 Å². The second-order valence-electron chi connectivity index (χ2n) is 3.81. The van der Waals surface area contributed by atoms with Crippen LogP contribution < -0.4 is 5.73 Å². The van der Waals surface area contributed by atoms with E-state index in [1.165, 1.54) is 0 Å². The molecule has 1 aliphatic heterocycles. The van der Waals surface area contributed by atoms with E-state index in [-0.39, 0.29) is 17.9 Å². The van der Waals surface area contributed by atoms with Gasteiger partial charge in [-0.2, -0.15) is 0 Å². The molecule has 2 atom stereocenters. The molecule has 0 saturated carbocycles. The first-order valence-corrected chi connectivity index (χ1v) is 4.64. The van der Waals surface area contributed by atoms with Crippen LogP contribution in [-0.4, -0.2) is 31.5 Å². The molecule has 12 heavy (non-hydrogen) atoms. The van der Waals surface area contributed by atoms with Crippen molar-refractivity contribution in [2.45, 2.75) is 19.8 Å². The van der Waals surface area contributed by atoms with Crippen LogP contribution in [0.15, 0.2) is 0 Å². The van der Waals surface area contributed by atoms with Gasteiger partial charge in [-0.05, 0) is 18.8 Å². The zero-order valence-corrected chi connectivity index (χ0v) is 7.75. The lowest BCUT2D eigenvalue weighted by Crippen LogP contribution is -2.45. The number of rotatable bonds is 3. The highest BCUT2D eigenvalue weighted by Crippen LogP contribution is 2.34. The van der Waals surface area contributed by atoms with Gasteiger partial charge in [-0.3, -0.25) is 0 Å². The number of aliphatic hydroxyl groups excluding tert-OH is 1. The number of nitrogens with two attached hydrogens (primary N) is 1. The van der Waals surface area contributed by atoms with Crippen molar-refractivity contribution in [3.8, 4) is 0 Å². The molecule has 1 saturated heterocycles. The van der Waals surface area contributed by atoms with Gasteiger partial charge < -0.3 is 15.6 Å². The first kappa shape index (κ1) is 9.96. The molecule has 1 fully saturated rings. The van der Waals surface area contributed by atoms with E-state index in [1.54, 1.807) is 0 Å². The van der Waals surface area contributed by atoms with Crippen LogP contribution in [0.3, 0.4) is 0 Å². The normalized spacial score (nSPS) is 33.2. The van der Waals surface area contributed by atoms with Gasteiger partial charge in [0.2, 0.25) is 0 Å². The molecule has 0 spiro atoms. The summed E-state index contributed by atoms with van der Waals surface area (Å²) in [6, 6.07) is 0. The van der Waals surface area contributed by atoms with Gasteiger partial charge in [0.1, 0.15) is 0 Å². The molecular weight excluding hydrogens is 154 g/mol. The van der Waals surface area contributed by atoms with Crippen LogP contribution in [-0.2, 0) is 4.74 Å². The average molecular weight is 173 g/mol. The smallest absolute Gasteiger partial charge is 0.0537 e. The van der Waals surface area contributed by atoms with Gasteiger partial charge in [0.05, 0.1) is 6.61 Å². The molecule has 3 nitrogen and oxygen atoms in total. The van der Waals surface area contributed by atoms with E-state index >= 15 is 0 Å². The molecule has 1 heterocycles. The molecule has 0 radical (unpaired) electrons. The van der Waals surface area contributed by atoms with E-state index in [2.05, 4.69) is 0 Å². The molecule has 0 aromatic carbocycles. The fraction of sp³-hybridized carbons (Fsp3) is 1.00. The number of hydrogen-bond acceptors (Lipinski definition) is 3. The molecule has 0 aromatic heterocycles. The Hall–Kier alpha value is -0.120. The lowest BCUT2D eigenvalue weighted by Gasteiger charge is -2.40. The number of aliphatic hydroxyl groups is 1. The molecule has 1 aliphatic rings. The molecule has 72 valence electrons. The Kier molecular flexibility index (Phi) is 3.50. The Morgan fingerprint density at radius 1 is 1.67 bits per heavy atom. The van der Waals surface area contributed by atoms with Gasteiger partial charge in [-0.15, -0.1) is 0 Å². The van der Waals surface area contributed by atoms with Crippen LogP contribution in [0.5, 0.6) is 0 Å². The van der Waals surface area contributed by atoms with E-state index < -0.39 is 0 Å². The summed E-state index contributed by atoms with van der Waals surface area (Å²) in [5, 5.41) is 9.07.